The predicted molar refractivity (Wildman–Crippen MR) is 57.1 cm³/mol. The minimum Gasteiger partial charge on any atom is -0.366 e. The Balaban J connectivity index is 2.59. The fourth-order valence-electron chi connectivity index (χ4n) is 1.65. The van der Waals surface area contributed by atoms with Crippen LogP contribution in [0, 0.1) is 0 Å². The number of nitrogens with one attached hydrogen (secondary N) is 1. The third-order valence-corrected chi connectivity index (χ3v) is 2.40. The highest BCUT2D eigenvalue weighted by molar-refractivity contribution is 5.96. The summed E-state index contributed by atoms with van der Waals surface area (Å²) in [4.78, 5) is 24.5. The number of H-pyrrole nitrogens is 1. The normalized spacial score (nSPS) is 11.9. The van der Waals surface area contributed by atoms with Gasteiger partial charge in [-0.25, -0.2) is 4.79 Å². The van der Waals surface area contributed by atoms with Gasteiger partial charge in [-0.2, -0.15) is 13.2 Å². The molecule has 1 amide bonds. The Bertz CT molecular complexity index is 669. The van der Waals surface area contributed by atoms with Gasteiger partial charge in [0.15, 0.2) is 0 Å². The van der Waals surface area contributed by atoms with E-state index in [-0.39, 0.29) is 16.6 Å². The first-order valence-electron chi connectivity index (χ1n) is 4.87. The molecular formula is C10H8F3N3O2. The zero-order valence-electron chi connectivity index (χ0n) is 8.91. The van der Waals surface area contributed by atoms with Gasteiger partial charge in [-0.3, -0.25) is 9.36 Å². The Morgan fingerprint density at radius 1 is 1.39 bits per heavy atom. The molecule has 2 aromatic rings. The quantitative estimate of drug-likeness (QED) is 0.843. The third-order valence-electron chi connectivity index (χ3n) is 2.40. The molecule has 1 aromatic heterocycles. The van der Waals surface area contributed by atoms with Crippen LogP contribution in [0.3, 0.4) is 0 Å². The summed E-state index contributed by atoms with van der Waals surface area (Å²) >= 11 is 0. The molecule has 2 rings (SSSR count). The number of nitrogens with zero attached hydrogens (tertiary/aromatic N) is 1. The Morgan fingerprint density at radius 3 is 2.61 bits per heavy atom. The number of carbonyl (C=O) groups is 1. The summed E-state index contributed by atoms with van der Waals surface area (Å²) in [5.74, 6) is -0.721. The molecule has 96 valence electrons. The highest BCUT2D eigenvalue weighted by Crippen LogP contribution is 2.20. The number of nitrogens with two attached hydrogens (primary N) is 1. The lowest BCUT2D eigenvalue weighted by molar-refractivity contribution is -0.140. The number of rotatable bonds is 2. The van der Waals surface area contributed by atoms with Crippen LogP contribution in [0.15, 0.2) is 23.0 Å². The summed E-state index contributed by atoms with van der Waals surface area (Å²) in [7, 11) is 0. The second-order valence-electron chi connectivity index (χ2n) is 3.73. The molecule has 1 heterocycles. The van der Waals surface area contributed by atoms with E-state index in [0.29, 0.717) is 4.57 Å². The number of halogens is 3. The standard InChI is InChI=1S/C10H8F3N3O2/c11-10(12,13)4-16-7-2-1-5(8(14)17)3-6(7)15-9(16)18/h1-3H,4H2,(H2,14,17)(H,15,18). The first-order chi connectivity index (χ1) is 8.28. The SMILES string of the molecule is NC(=O)c1ccc2c(c1)[nH]c(=O)n2CC(F)(F)F. The van der Waals surface area contributed by atoms with Crippen molar-refractivity contribution < 1.29 is 18.0 Å². The maximum atomic E-state index is 12.3. The molecule has 0 saturated heterocycles. The maximum absolute atomic E-state index is 12.3. The van der Waals surface area contributed by atoms with Gasteiger partial charge in [0, 0.05) is 5.56 Å². The van der Waals surface area contributed by atoms with Crippen LogP contribution in [0.4, 0.5) is 13.2 Å². The molecule has 0 radical (unpaired) electrons. The summed E-state index contributed by atoms with van der Waals surface area (Å²) in [5.41, 5.74) is 4.47. The fraction of sp³-hybridized carbons (Fsp3) is 0.200. The summed E-state index contributed by atoms with van der Waals surface area (Å²) in [6.45, 7) is -1.39. The number of carbonyl (C=O) groups excluding carboxylic acids is 1. The van der Waals surface area contributed by atoms with Crippen molar-refractivity contribution in [3.63, 3.8) is 0 Å². The van der Waals surface area contributed by atoms with Crippen LogP contribution in [0.2, 0.25) is 0 Å². The predicted octanol–water partition coefficient (Wildman–Crippen LogP) is 0.991. The van der Waals surface area contributed by atoms with Crippen molar-refractivity contribution in [1.29, 1.82) is 0 Å². The van der Waals surface area contributed by atoms with Gasteiger partial charge >= 0.3 is 11.9 Å². The van der Waals surface area contributed by atoms with E-state index in [0.717, 1.165) is 0 Å². The highest BCUT2D eigenvalue weighted by Gasteiger charge is 2.29. The lowest BCUT2D eigenvalue weighted by Crippen LogP contribution is -2.26. The fourth-order valence-corrected chi connectivity index (χ4v) is 1.65. The molecule has 8 heteroatoms. The zero-order valence-corrected chi connectivity index (χ0v) is 8.91. The summed E-state index contributed by atoms with van der Waals surface area (Å²) in [6.07, 6.45) is -4.50. The summed E-state index contributed by atoms with van der Waals surface area (Å²) in [6, 6.07) is 3.76. The van der Waals surface area contributed by atoms with Crippen LogP contribution in [0.5, 0.6) is 0 Å². The van der Waals surface area contributed by atoms with Gasteiger partial charge < -0.3 is 10.7 Å². The third kappa shape index (κ3) is 2.22. The topological polar surface area (TPSA) is 80.9 Å². The Kier molecular flexibility index (Phi) is 2.64. The molecule has 0 bridgehead atoms. The largest absolute Gasteiger partial charge is 0.406 e. The van der Waals surface area contributed by atoms with Gasteiger partial charge in [0.1, 0.15) is 6.54 Å². The number of benzene rings is 1. The maximum Gasteiger partial charge on any atom is 0.406 e. The van der Waals surface area contributed by atoms with Crippen LogP contribution < -0.4 is 11.4 Å². The van der Waals surface area contributed by atoms with E-state index in [9.17, 15) is 22.8 Å². The van der Waals surface area contributed by atoms with Crippen molar-refractivity contribution in [3.05, 3.63) is 34.2 Å². The number of hydrogen-bond donors (Lipinski definition) is 2. The minimum atomic E-state index is -4.50. The molecule has 0 aliphatic heterocycles. The lowest BCUT2D eigenvalue weighted by Gasteiger charge is -2.07. The molecule has 0 spiro atoms. The molecule has 0 fully saturated rings. The van der Waals surface area contributed by atoms with Gasteiger partial charge in [-0.05, 0) is 18.2 Å². The second-order valence-corrected chi connectivity index (χ2v) is 3.73. The number of hydrogen-bond acceptors (Lipinski definition) is 2. The van der Waals surface area contributed by atoms with E-state index in [2.05, 4.69) is 4.98 Å². The molecule has 0 aliphatic rings. The van der Waals surface area contributed by atoms with Gasteiger partial charge in [0.05, 0.1) is 11.0 Å². The van der Waals surface area contributed by atoms with E-state index >= 15 is 0 Å². The zero-order chi connectivity index (χ0) is 13.5. The van der Waals surface area contributed by atoms with Crippen LogP contribution in [-0.2, 0) is 6.54 Å². The average molecular weight is 259 g/mol. The monoisotopic (exact) mass is 259 g/mol. The van der Waals surface area contributed by atoms with Crippen molar-refractivity contribution in [3.8, 4) is 0 Å². The first-order valence-corrected chi connectivity index (χ1v) is 4.87. The van der Waals surface area contributed by atoms with E-state index in [1.165, 1.54) is 18.2 Å². The number of imidazole rings is 1. The van der Waals surface area contributed by atoms with Gasteiger partial charge in [0.2, 0.25) is 5.91 Å². The molecule has 3 N–H and O–H groups in total. The van der Waals surface area contributed by atoms with Crippen molar-refractivity contribution in [2.75, 3.05) is 0 Å². The summed E-state index contributed by atoms with van der Waals surface area (Å²) in [5, 5.41) is 0. The highest BCUT2D eigenvalue weighted by atomic mass is 19.4. The number of alkyl halides is 3. The second kappa shape index (κ2) is 3.90. The van der Waals surface area contributed by atoms with Crippen molar-refractivity contribution in [2.45, 2.75) is 12.7 Å². The van der Waals surface area contributed by atoms with E-state index < -0.39 is 24.3 Å². The number of aromatic amines is 1. The van der Waals surface area contributed by atoms with Gasteiger partial charge in [-0.15, -0.1) is 0 Å². The molecule has 0 aliphatic carbocycles. The Morgan fingerprint density at radius 2 is 2.06 bits per heavy atom. The first kappa shape index (κ1) is 12.2. The average Bonchev–Trinajstić information content (AvgIpc) is 2.52. The van der Waals surface area contributed by atoms with Crippen LogP contribution in [-0.4, -0.2) is 21.6 Å². The number of fused-ring (bicyclic) bond motifs is 1. The van der Waals surface area contributed by atoms with Crippen LogP contribution in [0.25, 0.3) is 11.0 Å². The molecular weight excluding hydrogens is 251 g/mol. The smallest absolute Gasteiger partial charge is 0.366 e. The van der Waals surface area contributed by atoms with E-state index in [1.807, 2.05) is 0 Å². The molecule has 0 saturated carbocycles. The number of amides is 1. The van der Waals surface area contributed by atoms with Gasteiger partial charge in [-0.1, -0.05) is 0 Å². The van der Waals surface area contributed by atoms with Crippen LogP contribution >= 0.6 is 0 Å². The Labute approximate surface area is 98.0 Å². The van der Waals surface area contributed by atoms with E-state index in [4.69, 9.17) is 5.73 Å². The molecule has 18 heavy (non-hydrogen) atoms. The van der Waals surface area contributed by atoms with Crippen LogP contribution in [0.1, 0.15) is 10.4 Å². The number of aromatic nitrogens is 2. The summed E-state index contributed by atoms with van der Waals surface area (Å²) < 4.78 is 37.4. The van der Waals surface area contributed by atoms with Crippen molar-refractivity contribution in [1.82, 2.24) is 9.55 Å². The lowest BCUT2D eigenvalue weighted by atomic mass is 10.2. The van der Waals surface area contributed by atoms with Gasteiger partial charge in [0.25, 0.3) is 0 Å². The Hall–Kier alpha value is -2.25. The van der Waals surface area contributed by atoms with Crippen molar-refractivity contribution >= 4 is 16.9 Å². The molecule has 0 atom stereocenters. The molecule has 1 aromatic carbocycles. The van der Waals surface area contributed by atoms with E-state index in [1.54, 1.807) is 0 Å². The molecule has 0 unspecified atom stereocenters. The minimum absolute atomic E-state index is 0.0716. The number of primary amides is 1. The molecule has 5 nitrogen and oxygen atoms in total. The van der Waals surface area contributed by atoms with Crippen molar-refractivity contribution in [2.24, 2.45) is 5.73 Å².